The number of amides is 1. The van der Waals surface area contributed by atoms with Crippen LogP contribution >= 0.6 is 0 Å². The Bertz CT molecular complexity index is 716. The molecule has 1 fully saturated rings. The number of nitrogens with zero attached hydrogens (tertiary/aromatic N) is 1. The van der Waals surface area contributed by atoms with E-state index in [4.69, 9.17) is 9.47 Å². The minimum atomic E-state index is -0.547. The van der Waals surface area contributed by atoms with Crippen molar-refractivity contribution in [3.8, 4) is 11.5 Å². The molecule has 2 aromatic rings. The molecule has 4 heteroatoms. The summed E-state index contributed by atoms with van der Waals surface area (Å²) in [5, 5.41) is 0. The maximum absolute atomic E-state index is 12.9. The quantitative estimate of drug-likeness (QED) is 0.852. The molecular weight excluding hydrogens is 302 g/mol. The van der Waals surface area contributed by atoms with E-state index in [9.17, 15) is 4.79 Å². The third-order valence-electron chi connectivity index (χ3n) is 4.79. The SMILES string of the molecule is O=C([C@H]1COc2ccccc2O1)N1CCC[C@H](c2ccccc2)C1. The number of likely N-dealkylation sites (tertiary alicyclic amines) is 1. The van der Waals surface area contributed by atoms with Gasteiger partial charge in [0, 0.05) is 19.0 Å². The number of piperidine rings is 1. The van der Waals surface area contributed by atoms with Gasteiger partial charge in [-0.25, -0.2) is 0 Å². The molecule has 1 saturated heterocycles. The average molecular weight is 323 g/mol. The fraction of sp³-hybridized carbons (Fsp3) is 0.350. The maximum atomic E-state index is 12.9. The van der Waals surface area contributed by atoms with Crippen LogP contribution in [0.1, 0.15) is 24.3 Å². The topological polar surface area (TPSA) is 38.8 Å². The summed E-state index contributed by atoms with van der Waals surface area (Å²) in [6, 6.07) is 17.9. The van der Waals surface area contributed by atoms with Gasteiger partial charge in [-0.15, -0.1) is 0 Å². The van der Waals surface area contributed by atoms with Crippen molar-refractivity contribution in [1.29, 1.82) is 0 Å². The van der Waals surface area contributed by atoms with Crippen LogP contribution < -0.4 is 9.47 Å². The molecule has 0 radical (unpaired) electrons. The molecule has 4 nitrogen and oxygen atoms in total. The molecule has 0 aromatic heterocycles. The molecule has 2 heterocycles. The van der Waals surface area contributed by atoms with Crippen LogP contribution in [-0.2, 0) is 4.79 Å². The number of hydrogen-bond acceptors (Lipinski definition) is 3. The molecule has 0 unspecified atom stereocenters. The lowest BCUT2D eigenvalue weighted by Crippen LogP contribution is -2.49. The Morgan fingerprint density at radius 1 is 1.00 bits per heavy atom. The van der Waals surface area contributed by atoms with Gasteiger partial charge in [0.15, 0.2) is 11.5 Å². The summed E-state index contributed by atoms with van der Waals surface area (Å²) >= 11 is 0. The van der Waals surface area contributed by atoms with Crippen LogP contribution in [-0.4, -0.2) is 36.6 Å². The van der Waals surface area contributed by atoms with Crippen molar-refractivity contribution in [2.45, 2.75) is 24.9 Å². The van der Waals surface area contributed by atoms with E-state index in [1.54, 1.807) is 0 Å². The normalized spacial score (nSPS) is 22.9. The van der Waals surface area contributed by atoms with Crippen molar-refractivity contribution < 1.29 is 14.3 Å². The van der Waals surface area contributed by atoms with E-state index in [0.29, 0.717) is 17.4 Å². The predicted octanol–water partition coefficient (Wildman–Crippen LogP) is 3.23. The second-order valence-corrected chi connectivity index (χ2v) is 6.40. The van der Waals surface area contributed by atoms with Gasteiger partial charge in [-0.05, 0) is 30.5 Å². The zero-order valence-electron chi connectivity index (χ0n) is 13.6. The molecule has 4 rings (SSSR count). The molecule has 0 aliphatic carbocycles. The van der Waals surface area contributed by atoms with Gasteiger partial charge in [-0.1, -0.05) is 42.5 Å². The number of carbonyl (C=O) groups is 1. The van der Waals surface area contributed by atoms with Gasteiger partial charge >= 0.3 is 0 Å². The first kappa shape index (κ1) is 15.1. The largest absolute Gasteiger partial charge is 0.485 e. The van der Waals surface area contributed by atoms with Gasteiger partial charge in [0.05, 0.1) is 0 Å². The van der Waals surface area contributed by atoms with Crippen LogP contribution in [0.3, 0.4) is 0 Å². The van der Waals surface area contributed by atoms with E-state index >= 15 is 0 Å². The van der Waals surface area contributed by atoms with E-state index in [1.165, 1.54) is 5.56 Å². The summed E-state index contributed by atoms with van der Waals surface area (Å²) in [4.78, 5) is 14.8. The Hall–Kier alpha value is -2.49. The lowest BCUT2D eigenvalue weighted by molar-refractivity contribution is -0.142. The molecule has 24 heavy (non-hydrogen) atoms. The van der Waals surface area contributed by atoms with E-state index in [1.807, 2.05) is 35.2 Å². The third kappa shape index (κ3) is 2.96. The summed E-state index contributed by atoms with van der Waals surface area (Å²) in [6.07, 6.45) is 1.60. The summed E-state index contributed by atoms with van der Waals surface area (Å²) in [5.41, 5.74) is 1.31. The molecule has 2 aromatic carbocycles. The highest BCUT2D eigenvalue weighted by molar-refractivity contribution is 5.82. The molecule has 2 aliphatic rings. The van der Waals surface area contributed by atoms with Crippen molar-refractivity contribution in [3.63, 3.8) is 0 Å². The van der Waals surface area contributed by atoms with Crippen molar-refractivity contribution in [2.24, 2.45) is 0 Å². The Morgan fingerprint density at radius 3 is 2.58 bits per heavy atom. The third-order valence-corrected chi connectivity index (χ3v) is 4.79. The molecule has 0 bridgehead atoms. The second-order valence-electron chi connectivity index (χ2n) is 6.40. The summed E-state index contributed by atoms with van der Waals surface area (Å²) in [6.45, 7) is 1.83. The number of para-hydroxylation sites is 2. The fourth-order valence-corrected chi connectivity index (χ4v) is 3.52. The molecular formula is C20H21NO3. The van der Waals surface area contributed by atoms with Crippen LogP contribution in [0.25, 0.3) is 0 Å². The Labute approximate surface area is 142 Å². The Kier molecular flexibility index (Phi) is 4.11. The standard InChI is InChI=1S/C20H21NO3/c22-20(19-14-23-17-10-4-5-11-18(17)24-19)21-12-6-9-16(13-21)15-7-2-1-3-8-15/h1-5,7-8,10-11,16,19H,6,9,12-14H2/t16-,19+/m0/s1. The van der Waals surface area contributed by atoms with E-state index in [2.05, 4.69) is 24.3 Å². The number of benzene rings is 2. The smallest absolute Gasteiger partial charge is 0.267 e. The van der Waals surface area contributed by atoms with E-state index in [-0.39, 0.29) is 12.5 Å². The number of rotatable bonds is 2. The van der Waals surface area contributed by atoms with Crippen LogP contribution in [0.5, 0.6) is 11.5 Å². The Morgan fingerprint density at radius 2 is 1.75 bits per heavy atom. The first-order chi connectivity index (χ1) is 11.8. The van der Waals surface area contributed by atoms with Crippen LogP contribution in [0.15, 0.2) is 54.6 Å². The number of ether oxygens (including phenoxy) is 2. The van der Waals surface area contributed by atoms with Crippen molar-refractivity contribution in [2.75, 3.05) is 19.7 Å². The highest BCUT2D eigenvalue weighted by atomic mass is 16.6. The summed E-state index contributed by atoms with van der Waals surface area (Å²) in [7, 11) is 0. The lowest BCUT2D eigenvalue weighted by atomic mass is 9.90. The molecule has 1 amide bonds. The first-order valence-corrected chi connectivity index (χ1v) is 8.53. The number of hydrogen-bond donors (Lipinski definition) is 0. The van der Waals surface area contributed by atoms with Gasteiger partial charge in [-0.3, -0.25) is 4.79 Å². The molecule has 2 atom stereocenters. The van der Waals surface area contributed by atoms with Crippen molar-refractivity contribution in [3.05, 3.63) is 60.2 Å². The monoisotopic (exact) mass is 323 g/mol. The average Bonchev–Trinajstić information content (AvgIpc) is 2.68. The Balaban J connectivity index is 1.45. The summed E-state index contributed by atoms with van der Waals surface area (Å²) in [5.74, 6) is 1.80. The van der Waals surface area contributed by atoms with E-state index < -0.39 is 6.10 Å². The van der Waals surface area contributed by atoms with Gasteiger partial charge in [0.25, 0.3) is 5.91 Å². The van der Waals surface area contributed by atoms with Crippen LogP contribution in [0.4, 0.5) is 0 Å². The van der Waals surface area contributed by atoms with Gasteiger partial charge in [0.2, 0.25) is 6.10 Å². The molecule has 0 spiro atoms. The molecule has 124 valence electrons. The van der Waals surface area contributed by atoms with Crippen molar-refractivity contribution >= 4 is 5.91 Å². The van der Waals surface area contributed by atoms with Gasteiger partial charge in [-0.2, -0.15) is 0 Å². The van der Waals surface area contributed by atoms with Gasteiger partial charge in [0.1, 0.15) is 6.61 Å². The minimum absolute atomic E-state index is 0.0325. The fourth-order valence-electron chi connectivity index (χ4n) is 3.52. The lowest BCUT2D eigenvalue weighted by Gasteiger charge is -2.36. The van der Waals surface area contributed by atoms with E-state index in [0.717, 1.165) is 25.9 Å². The predicted molar refractivity (Wildman–Crippen MR) is 91.4 cm³/mol. The van der Waals surface area contributed by atoms with Crippen LogP contribution in [0.2, 0.25) is 0 Å². The first-order valence-electron chi connectivity index (χ1n) is 8.53. The van der Waals surface area contributed by atoms with Crippen LogP contribution in [0, 0.1) is 0 Å². The molecule has 0 saturated carbocycles. The zero-order valence-corrected chi connectivity index (χ0v) is 13.6. The van der Waals surface area contributed by atoms with Gasteiger partial charge < -0.3 is 14.4 Å². The van der Waals surface area contributed by atoms with Crippen molar-refractivity contribution in [1.82, 2.24) is 4.90 Å². The summed E-state index contributed by atoms with van der Waals surface area (Å²) < 4.78 is 11.6. The minimum Gasteiger partial charge on any atom is -0.485 e. The molecule has 0 N–H and O–H groups in total. The zero-order chi connectivity index (χ0) is 16.4. The maximum Gasteiger partial charge on any atom is 0.267 e. The number of carbonyl (C=O) groups excluding carboxylic acids is 1. The highest BCUT2D eigenvalue weighted by Crippen LogP contribution is 2.32. The number of fused-ring (bicyclic) bond motifs is 1. The second kappa shape index (κ2) is 6.56. The molecule has 2 aliphatic heterocycles. The highest BCUT2D eigenvalue weighted by Gasteiger charge is 2.33.